The van der Waals surface area contributed by atoms with E-state index in [1.54, 1.807) is 35.3 Å². The zero-order valence-electron chi connectivity index (χ0n) is 15.0. The normalized spacial score (nSPS) is 11.3. The number of carbonyl (C=O) groups is 1. The number of rotatable bonds is 6. The van der Waals surface area contributed by atoms with E-state index in [4.69, 9.17) is 11.6 Å². The van der Waals surface area contributed by atoms with E-state index in [0.29, 0.717) is 11.6 Å². The lowest BCUT2D eigenvalue weighted by Gasteiger charge is -2.02. The van der Waals surface area contributed by atoms with Crippen LogP contribution in [-0.2, 0) is 17.9 Å². The van der Waals surface area contributed by atoms with Crippen molar-refractivity contribution >= 4 is 29.4 Å². The van der Waals surface area contributed by atoms with Crippen LogP contribution in [0.5, 0.6) is 0 Å². The first-order valence-electron chi connectivity index (χ1n) is 8.45. The minimum atomic E-state index is -0.340. The van der Waals surface area contributed by atoms with E-state index in [1.807, 2.05) is 18.5 Å². The third-order valence-corrected chi connectivity index (χ3v) is 4.35. The molecule has 0 unspecified atom stereocenters. The van der Waals surface area contributed by atoms with Crippen molar-refractivity contribution in [1.29, 1.82) is 0 Å². The van der Waals surface area contributed by atoms with Crippen molar-refractivity contribution in [2.75, 3.05) is 5.32 Å². The van der Waals surface area contributed by atoms with E-state index < -0.39 is 0 Å². The predicted molar refractivity (Wildman–Crippen MR) is 103 cm³/mol. The molecular formula is C19H19ClFN5O. The van der Waals surface area contributed by atoms with Gasteiger partial charge in [-0.3, -0.25) is 14.2 Å². The highest BCUT2D eigenvalue weighted by Gasteiger charge is 2.10. The zero-order chi connectivity index (χ0) is 19.4. The van der Waals surface area contributed by atoms with Crippen LogP contribution in [0.25, 0.3) is 6.08 Å². The molecule has 1 amide bonds. The number of nitrogens with one attached hydrogen (secondary N) is 1. The molecule has 0 atom stereocenters. The number of benzene rings is 1. The Morgan fingerprint density at radius 1 is 1.33 bits per heavy atom. The van der Waals surface area contributed by atoms with Crippen LogP contribution in [0.15, 0.2) is 42.7 Å². The molecule has 2 heterocycles. The predicted octanol–water partition coefficient (Wildman–Crippen LogP) is 3.90. The highest BCUT2D eigenvalue weighted by Crippen LogP contribution is 2.20. The fraction of sp³-hybridized carbons (Fsp3) is 0.211. The summed E-state index contributed by atoms with van der Waals surface area (Å²) >= 11 is 6.15. The van der Waals surface area contributed by atoms with Crippen LogP contribution in [-0.4, -0.2) is 25.5 Å². The van der Waals surface area contributed by atoms with E-state index in [-0.39, 0.29) is 17.5 Å². The van der Waals surface area contributed by atoms with E-state index in [0.717, 1.165) is 23.4 Å². The lowest BCUT2D eigenvalue weighted by Crippen LogP contribution is -2.09. The van der Waals surface area contributed by atoms with Crippen LogP contribution < -0.4 is 5.32 Å². The van der Waals surface area contributed by atoms with Gasteiger partial charge in [-0.2, -0.15) is 10.2 Å². The first kappa shape index (κ1) is 18.8. The quantitative estimate of drug-likeness (QED) is 0.652. The molecule has 140 valence electrons. The Balaban J connectivity index is 1.65. The van der Waals surface area contributed by atoms with Crippen LogP contribution in [0, 0.1) is 12.7 Å². The molecule has 0 bridgehead atoms. The summed E-state index contributed by atoms with van der Waals surface area (Å²) in [6.45, 7) is 5.14. The molecule has 6 nitrogen and oxygen atoms in total. The maximum atomic E-state index is 13.0. The van der Waals surface area contributed by atoms with Crippen LogP contribution in [0.4, 0.5) is 10.2 Å². The van der Waals surface area contributed by atoms with Gasteiger partial charge in [0, 0.05) is 30.1 Å². The lowest BCUT2D eigenvalue weighted by atomic mass is 10.2. The van der Waals surface area contributed by atoms with Crippen molar-refractivity contribution in [3.63, 3.8) is 0 Å². The van der Waals surface area contributed by atoms with Crippen molar-refractivity contribution < 1.29 is 9.18 Å². The molecule has 8 heteroatoms. The SMILES string of the molecule is CCn1ncc(/C=C/C(=O)Nc2nn(Cc3ccc(F)cc3)cc2Cl)c1C. The second-order valence-electron chi connectivity index (χ2n) is 5.97. The van der Waals surface area contributed by atoms with Gasteiger partial charge >= 0.3 is 0 Å². The van der Waals surface area contributed by atoms with Crippen LogP contribution in [0.3, 0.4) is 0 Å². The minimum Gasteiger partial charge on any atom is -0.304 e. The van der Waals surface area contributed by atoms with E-state index in [2.05, 4.69) is 15.5 Å². The Kier molecular flexibility index (Phi) is 5.71. The maximum absolute atomic E-state index is 13.0. The van der Waals surface area contributed by atoms with Crippen LogP contribution >= 0.6 is 11.6 Å². The standard InChI is InChI=1S/C19H19ClFN5O/c1-3-26-13(2)15(10-22-26)6-9-18(27)23-19-17(20)12-25(24-19)11-14-4-7-16(21)8-5-14/h4-10,12H,3,11H2,1-2H3,(H,23,24,27)/b9-6+. The van der Waals surface area contributed by atoms with Gasteiger partial charge in [0.1, 0.15) is 10.8 Å². The molecule has 3 rings (SSSR count). The van der Waals surface area contributed by atoms with Gasteiger partial charge in [0.2, 0.25) is 5.91 Å². The summed E-state index contributed by atoms with van der Waals surface area (Å²) in [5, 5.41) is 11.5. The summed E-state index contributed by atoms with van der Waals surface area (Å²) in [4.78, 5) is 12.2. The molecule has 0 radical (unpaired) electrons. The number of hydrogen-bond acceptors (Lipinski definition) is 3. The molecule has 1 aromatic carbocycles. The topological polar surface area (TPSA) is 64.7 Å². The summed E-state index contributed by atoms with van der Waals surface area (Å²) in [6, 6.07) is 6.11. The molecular weight excluding hydrogens is 369 g/mol. The highest BCUT2D eigenvalue weighted by atomic mass is 35.5. The fourth-order valence-corrected chi connectivity index (χ4v) is 2.80. The number of aryl methyl sites for hydroxylation is 1. The molecule has 3 aromatic rings. The van der Waals surface area contributed by atoms with Gasteiger partial charge in [-0.05, 0) is 37.6 Å². The first-order valence-corrected chi connectivity index (χ1v) is 8.83. The van der Waals surface area contributed by atoms with Gasteiger partial charge in [-0.15, -0.1) is 0 Å². The summed E-state index contributed by atoms with van der Waals surface area (Å²) in [7, 11) is 0. The monoisotopic (exact) mass is 387 g/mol. The summed E-state index contributed by atoms with van der Waals surface area (Å²) in [6.07, 6.45) is 6.44. The number of hydrogen-bond donors (Lipinski definition) is 1. The minimum absolute atomic E-state index is 0.273. The lowest BCUT2D eigenvalue weighted by molar-refractivity contribution is -0.111. The molecule has 0 saturated carbocycles. The van der Waals surface area contributed by atoms with Gasteiger partial charge in [0.25, 0.3) is 0 Å². The van der Waals surface area contributed by atoms with E-state index >= 15 is 0 Å². The van der Waals surface area contributed by atoms with Crippen LogP contribution in [0.1, 0.15) is 23.7 Å². The largest absolute Gasteiger partial charge is 0.304 e. The van der Waals surface area contributed by atoms with Crippen molar-refractivity contribution in [3.05, 3.63) is 70.4 Å². The Labute approximate surface area is 161 Å². The second-order valence-corrected chi connectivity index (χ2v) is 6.38. The summed E-state index contributed by atoms with van der Waals surface area (Å²) < 4.78 is 16.4. The van der Waals surface area contributed by atoms with E-state index in [9.17, 15) is 9.18 Å². The summed E-state index contributed by atoms with van der Waals surface area (Å²) in [5.74, 6) is -0.362. The van der Waals surface area contributed by atoms with Gasteiger partial charge in [0.15, 0.2) is 5.82 Å². The van der Waals surface area contributed by atoms with Crippen LogP contribution in [0.2, 0.25) is 5.02 Å². The Bertz CT molecular complexity index is 975. The van der Waals surface area contributed by atoms with Gasteiger partial charge in [-0.1, -0.05) is 23.7 Å². The average Bonchev–Trinajstić information content (AvgIpc) is 3.17. The molecule has 0 aliphatic carbocycles. The number of halogens is 2. The number of carbonyl (C=O) groups excluding carboxylic acids is 1. The third kappa shape index (κ3) is 4.62. The molecule has 27 heavy (non-hydrogen) atoms. The van der Waals surface area contributed by atoms with Gasteiger partial charge in [-0.25, -0.2) is 4.39 Å². The molecule has 0 saturated heterocycles. The van der Waals surface area contributed by atoms with E-state index in [1.165, 1.54) is 18.2 Å². The van der Waals surface area contributed by atoms with Crippen molar-refractivity contribution in [2.24, 2.45) is 0 Å². The molecule has 0 aliphatic heterocycles. The molecule has 1 N–H and O–H groups in total. The zero-order valence-corrected chi connectivity index (χ0v) is 15.7. The Morgan fingerprint density at radius 3 is 2.74 bits per heavy atom. The third-order valence-electron chi connectivity index (χ3n) is 4.07. The fourth-order valence-electron chi connectivity index (χ4n) is 2.61. The number of aromatic nitrogens is 4. The maximum Gasteiger partial charge on any atom is 0.249 e. The number of nitrogens with zero attached hydrogens (tertiary/aromatic N) is 4. The second kappa shape index (κ2) is 8.18. The average molecular weight is 388 g/mol. The molecule has 0 aliphatic rings. The van der Waals surface area contributed by atoms with Crippen molar-refractivity contribution in [1.82, 2.24) is 19.6 Å². The Hall–Kier alpha value is -2.93. The first-order chi connectivity index (χ1) is 13.0. The number of amides is 1. The van der Waals surface area contributed by atoms with Gasteiger partial charge < -0.3 is 5.32 Å². The van der Waals surface area contributed by atoms with Crippen molar-refractivity contribution in [3.8, 4) is 0 Å². The highest BCUT2D eigenvalue weighted by molar-refractivity contribution is 6.33. The van der Waals surface area contributed by atoms with Crippen molar-refractivity contribution in [2.45, 2.75) is 26.9 Å². The molecule has 0 spiro atoms. The summed E-state index contributed by atoms with van der Waals surface area (Å²) in [5.41, 5.74) is 2.74. The Morgan fingerprint density at radius 2 is 2.07 bits per heavy atom. The molecule has 0 fully saturated rings. The van der Waals surface area contributed by atoms with Gasteiger partial charge in [0.05, 0.1) is 12.7 Å². The smallest absolute Gasteiger partial charge is 0.249 e. The number of anilines is 1. The molecule has 2 aromatic heterocycles.